The van der Waals surface area contributed by atoms with Crippen molar-refractivity contribution in [3.63, 3.8) is 0 Å². The molecular formula is C21H29MoO-. The van der Waals surface area contributed by atoms with Crippen LogP contribution in [-0.4, -0.2) is 5.78 Å². The van der Waals surface area contributed by atoms with Crippen LogP contribution >= 0.6 is 0 Å². The molecule has 0 saturated heterocycles. The van der Waals surface area contributed by atoms with E-state index in [0.717, 1.165) is 49.4 Å². The van der Waals surface area contributed by atoms with Crippen molar-refractivity contribution in [1.29, 1.82) is 0 Å². The van der Waals surface area contributed by atoms with E-state index < -0.39 is 0 Å². The Kier molecular flexibility index (Phi) is 3.81. The number of allylic oxidation sites excluding steroid dienone is 2. The van der Waals surface area contributed by atoms with Crippen molar-refractivity contribution < 1.29 is 25.9 Å². The standard InChI is InChI=1S/C21H29O.Mo/c1-13-17-7-8-19-16-6-4-14-3-5-15(22)9-11-20(14,2)18(16)10-12-21(13,17)19;/h4,16-19H,3,5-12H2,1-2H3;/q-1;. The van der Waals surface area contributed by atoms with Gasteiger partial charge in [0.1, 0.15) is 5.78 Å². The van der Waals surface area contributed by atoms with Crippen LogP contribution in [0.3, 0.4) is 0 Å². The second-order valence-electron chi connectivity index (χ2n) is 9.19. The van der Waals surface area contributed by atoms with Crippen LogP contribution in [-0.2, 0) is 25.9 Å². The van der Waals surface area contributed by atoms with E-state index in [0.29, 0.717) is 16.6 Å². The largest absolute Gasteiger partial charge is 0.311 e. The molecule has 4 fully saturated rings. The Balaban J connectivity index is 0.00000135. The molecule has 0 N–H and O–H groups in total. The minimum Gasteiger partial charge on any atom is -0.311 e. The molecule has 23 heavy (non-hydrogen) atoms. The molecule has 1 nitrogen and oxygen atoms in total. The van der Waals surface area contributed by atoms with Gasteiger partial charge >= 0.3 is 0 Å². The molecule has 0 radical (unpaired) electrons. The summed E-state index contributed by atoms with van der Waals surface area (Å²) in [5.74, 6) is 6.11. The molecule has 5 aliphatic rings. The first-order chi connectivity index (χ1) is 10.6. The fourth-order valence-electron chi connectivity index (χ4n) is 7.71. The summed E-state index contributed by atoms with van der Waals surface area (Å²) in [4.78, 5) is 12.0. The zero-order valence-corrected chi connectivity index (χ0v) is 16.6. The average molecular weight is 393 g/mol. The number of carbonyl (C=O) groups is 1. The Morgan fingerprint density at radius 3 is 2.70 bits per heavy atom. The molecule has 5 rings (SSSR count). The van der Waals surface area contributed by atoms with Crippen molar-refractivity contribution in [2.75, 3.05) is 0 Å². The van der Waals surface area contributed by atoms with E-state index in [4.69, 9.17) is 0 Å². The van der Waals surface area contributed by atoms with Gasteiger partial charge in [0.15, 0.2) is 0 Å². The Bertz CT molecular complexity index is 566. The van der Waals surface area contributed by atoms with Gasteiger partial charge in [0.2, 0.25) is 0 Å². The molecule has 0 aromatic heterocycles. The molecule has 6 unspecified atom stereocenters. The Morgan fingerprint density at radius 1 is 1.09 bits per heavy atom. The summed E-state index contributed by atoms with van der Waals surface area (Å²) in [5, 5.41) is 0. The topological polar surface area (TPSA) is 17.1 Å². The van der Waals surface area contributed by atoms with Crippen LogP contribution in [0.5, 0.6) is 0 Å². The van der Waals surface area contributed by atoms with Crippen LogP contribution in [0.15, 0.2) is 11.6 Å². The van der Waals surface area contributed by atoms with Crippen LogP contribution in [0.25, 0.3) is 0 Å². The summed E-state index contributed by atoms with van der Waals surface area (Å²) in [5.41, 5.74) is 2.68. The summed E-state index contributed by atoms with van der Waals surface area (Å²) >= 11 is 0. The van der Waals surface area contributed by atoms with E-state index in [2.05, 4.69) is 19.9 Å². The van der Waals surface area contributed by atoms with Crippen molar-refractivity contribution in [1.82, 2.24) is 0 Å². The van der Waals surface area contributed by atoms with Gasteiger partial charge in [-0.25, -0.2) is 0 Å². The van der Waals surface area contributed by atoms with Crippen molar-refractivity contribution in [2.45, 2.75) is 71.6 Å². The van der Waals surface area contributed by atoms with Gasteiger partial charge in [-0.05, 0) is 36.5 Å². The summed E-state index contributed by atoms with van der Waals surface area (Å²) in [6.07, 6.45) is 13.6. The van der Waals surface area contributed by atoms with Crippen LogP contribution < -0.4 is 0 Å². The summed E-state index contributed by atoms with van der Waals surface area (Å²) < 4.78 is 0. The first-order valence-electron chi connectivity index (χ1n) is 9.62. The zero-order valence-electron chi connectivity index (χ0n) is 14.6. The van der Waals surface area contributed by atoms with Gasteiger partial charge in [-0.3, -0.25) is 4.79 Å². The predicted octanol–water partition coefficient (Wildman–Crippen LogP) is 5.11. The smallest absolute Gasteiger partial charge is 0.133 e. The maximum atomic E-state index is 12.0. The minimum absolute atomic E-state index is 0. The number of ketones is 1. The van der Waals surface area contributed by atoms with Crippen LogP contribution in [0.4, 0.5) is 0 Å². The van der Waals surface area contributed by atoms with Crippen molar-refractivity contribution >= 4 is 5.78 Å². The normalized spacial score (nSPS) is 51.4. The van der Waals surface area contributed by atoms with E-state index in [1.54, 1.807) is 5.57 Å². The van der Waals surface area contributed by atoms with Gasteiger partial charge in [0, 0.05) is 33.9 Å². The molecule has 126 valence electrons. The van der Waals surface area contributed by atoms with Gasteiger partial charge in [-0.2, -0.15) is 18.3 Å². The van der Waals surface area contributed by atoms with Crippen molar-refractivity contribution in [3.05, 3.63) is 17.6 Å². The molecule has 6 atom stereocenters. The predicted molar refractivity (Wildman–Crippen MR) is 88.1 cm³/mol. The number of hydrogen-bond acceptors (Lipinski definition) is 1. The number of rotatable bonds is 0. The fourth-order valence-corrected chi connectivity index (χ4v) is 7.71. The van der Waals surface area contributed by atoms with Crippen LogP contribution in [0.2, 0.25) is 0 Å². The number of hydrogen-bond donors (Lipinski definition) is 0. The second-order valence-corrected chi connectivity index (χ2v) is 9.19. The van der Waals surface area contributed by atoms with Gasteiger partial charge in [-0.15, -0.1) is 0 Å². The van der Waals surface area contributed by atoms with E-state index in [1.807, 2.05) is 5.92 Å². The third-order valence-electron chi connectivity index (χ3n) is 8.91. The zero-order chi connectivity index (χ0) is 15.1. The molecule has 0 amide bonds. The van der Waals surface area contributed by atoms with E-state index in [-0.39, 0.29) is 21.1 Å². The fraction of sp³-hybridized carbons (Fsp3) is 0.810. The van der Waals surface area contributed by atoms with Gasteiger partial charge in [0.05, 0.1) is 0 Å². The van der Waals surface area contributed by atoms with E-state index in [9.17, 15) is 4.79 Å². The second kappa shape index (κ2) is 5.30. The van der Waals surface area contributed by atoms with E-state index >= 15 is 0 Å². The summed E-state index contributed by atoms with van der Waals surface area (Å²) in [6, 6.07) is 0. The van der Waals surface area contributed by atoms with Crippen molar-refractivity contribution in [2.24, 2.45) is 34.5 Å². The number of carbonyl (C=O) groups excluding carboxylic acids is 1. The molecule has 0 bridgehead atoms. The minimum atomic E-state index is 0. The first-order valence-corrected chi connectivity index (χ1v) is 9.62. The maximum absolute atomic E-state index is 12.0. The van der Waals surface area contributed by atoms with E-state index in [1.165, 1.54) is 32.1 Å². The summed E-state index contributed by atoms with van der Waals surface area (Å²) in [7, 11) is 0. The average Bonchev–Trinajstić information content (AvgIpc) is 2.92. The molecule has 4 saturated carbocycles. The molecule has 0 aromatic carbocycles. The maximum Gasteiger partial charge on any atom is 0.133 e. The molecule has 1 spiro atoms. The van der Waals surface area contributed by atoms with Crippen LogP contribution in [0.1, 0.15) is 71.6 Å². The molecule has 0 aliphatic heterocycles. The molecule has 0 heterocycles. The van der Waals surface area contributed by atoms with Gasteiger partial charge in [-0.1, -0.05) is 50.2 Å². The van der Waals surface area contributed by atoms with Gasteiger partial charge < -0.3 is 5.92 Å². The number of Topliss-reactive ketones (excluding diaryl/α,β-unsaturated/α-hetero) is 1. The quantitative estimate of drug-likeness (QED) is 0.318. The first kappa shape index (κ1) is 16.6. The third-order valence-corrected chi connectivity index (χ3v) is 8.91. The third kappa shape index (κ3) is 1.98. The molecule has 5 aliphatic carbocycles. The SMILES string of the molecule is C[C-]1C2CCC3C4CC=C5CCC(=O)CCC5(C)C4CCC123.[Mo]. The molecule has 0 aromatic rings. The summed E-state index contributed by atoms with van der Waals surface area (Å²) in [6.45, 7) is 4.97. The number of fused-ring (bicyclic) bond motifs is 4. The Morgan fingerprint density at radius 2 is 1.91 bits per heavy atom. The van der Waals surface area contributed by atoms with Crippen molar-refractivity contribution in [3.8, 4) is 0 Å². The molecular weight excluding hydrogens is 364 g/mol. The monoisotopic (exact) mass is 395 g/mol. The molecule has 2 heteroatoms. The Hall–Kier alpha value is 0.0983. The Labute approximate surface area is 155 Å². The van der Waals surface area contributed by atoms with Gasteiger partial charge in [0.25, 0.3) is 0 Å². The van der Waals surface area contributed by atoms with Crippen LogP contribution in [0, 0.1) is 40.4 Å².